The predicted molar refractivity (Wildman–Crippen MR) is 95.3 cm³/mol. The van der Waals surface area contributed by atoms with E-state index in [1.165, 1.54) is 32.2 Å². The fraction of sp³-hybridized carbons (Fsp3) is 0. The van der Waals surface area contributed by atoms with Gasteiger partial charge in [0.05, 0.1) is 10.8 Å². The van der Waals surface area contributed by atoms with Crippen LogP contribution in [0.15, 0.2) is 72.8 Å². The van der Waals surface area contributed by atoms with Crippen LogP contribution < -0.4 is 19.7 Å². The molecule has 0 N–H and O–H groups in total. The standard InChI is InChI=1S/C20H12O2P/c1-5-13-7-3-11-17-19(13)15(9-1)21-23(17)18-12-4-8-14-6-2-10-16(22-23)20(14)18/h1-12H/q+1. The van der Waals surface area contributed by atoms with Crippen molar-refractivity contribution in [2.45, 2.75) is 0 Å². The highest BCUT2D eigenvalue weighted by molar-refractivity contribution is 7.83. The first kappa shape index (κ1) is 11.9. The minimum absolute atomic E-state index is 0.941. The molecular formula is C20H12O2P+. The molecule has 23 heavy (non-hydrogen) atoms. The maximum atomic E-state index is 6.53. The average molecular weight is 315 g/mol. The maximum Gasteiger partial charge on any atom is 0.430 e. The lowest BCUT2D eigenvalue weighted by atomic mass is 10.1. The number of rotatable bonds is 0. The first-order chi connectivity index (χ1) is 11.4. The summed E-state index contributed by atoms with van der Waals surface area (Å²) in [6.45, 7) is 0. The van der Waals surface area contributed by atoms with E-state index in [-0.39, 0.29) is 0 Å². The molecule has 4 aromatic carbocycles. The van der Waals surface area contributed by atoms with Gasteiger partial charge in [-0.25, -0.2) is 0 Å². The molecule has 0 amide bonds. The van der Waals surface area contributed by atoms with Crippen molar-refractivity contribution < 1.29 is 9.05 Å². The van der Waals surface area contributed by atoms with Crippen LogP contribution in [-0.4, -0.2) is 0 Å². The Morgan fingerprint density at radius 3 is 1.43 bits per heavy atom. The van der Waals surface area contributed by atoms with Crippen molar-refractivity contribution >= 4 is 39.9 Å². The van der Waals surface area contributed by atoms with E-state index in [4.69, 9.17) is 9.05 Å². The van der Waals surface area contributed by atoms with Crippen LogP contribution in [-0.2, 0) is 0 Å². The summed E-state index contributed by atoms with van der Waals surface area (Å²) >= 11 is 0. The van der Waals surface area contributed by atoms with Crippen LogP contribution in [0.2, 0.25) is 0 Å². The van der Waals surface area contributed by atoms with Gasteiger partial charge < -0.3 is 0 Å². The van der Waals surface area contributed by atoms with Gasteiger partial charge in [-0.15, -0.1) is 0 Å². The Kier molecular flexibility index (Phi) is 1.99. The molecule has 2 nitrogen and oxygen atoms in total. The van der Waals surface area contributed by atoms with E-state index in [9.17, 15) is 0 Å². The highest BCUT2D eigenvalue weighted by Gasteiger charge is 2.61. The van der Waals surface area contributed by atoms with Crippen molar-refractivity contribution in [3.63, 3.8) is 0 Å². The molecule has 0 fully saturated rings. The van der Waals surface area contributed by atoms with Crippen LogP contribution in [0.25, 0.3) is 21.5 Å². The summed E-state index contributed by atoms with van der Waals surface area (Å²) < 4.78 is 13.1. The van der Waals surface area contributed by atoms with Gasteiger partial charge in [0, 0.05) is 0 Å². The fourth-order valence-electron chi connectivity index (χ4n) is 3.84. The van der Waals surface area contributed by atoms with Crippen LogP contribution in [0.1, 0.15) is 0 Å². The summed E-state index contributed by atoms with van der Waals surface area (Å²) in [6, 6.07) is 25.3. The Morgan fingerprint density at radius 2 is 0.957 bits per heavy atom. The second-order valence-corrected chi connectivity index (χ2v) is 8.43. The molecule has 0 atom stereocenters. The molecule has 0 saturated heterocycles. The molecule has 0 bridgehead atoms. The van der Waals surface area contributed by atoms with Crippen LogP contribution in [0.3, 0.4) is 0 Å². The zero-order valence-electron chi connectivity index (χ0n) is 12.2. The predicted octanol–water partition coefficient (Wildman–Crippen LogP) is 4.58. The van der Waals surface area contributed by atoms with Gasteiger partial charge in [-0.1, -0.05) is 48.5 Å². The summed E-state index contributed by atoms with van der Waals surface area (Å²) in [7, 11) is -2.31. The van der Waals surface area contributed by atoms with Crippen LogP contribution in [0, 0.1) is 0 Å². The van der Waals surface area contributed by atoms with E-state index in [1.807, 2.05) is 24.3 Å². The molecule has 2 aliphatic heterocycles. The summed E-state index contributed by atoms with van der Waals surface area (Å²) in [4.78, 5) is 0. The SMILES string of the molecule is c1cc2c3c(cccc3c1)[P+]1(O2)Oc2cccc3cccc1c23. The fourth-order valence-corrected chi connectivity index (χ4v) is 7.02. The topological polar surface area (TPSA) is 18.5 Å². The van der Waals surface area contributed by atoms with Crippen LogP contribution in [0.5, 0.6) is 11.5 Å². The average Bonchev–Trinajstić information content (AvgIpc) is 3.08. The van der Waals surface area contributed by atoms with Gasteiger partial charge in [0.2, 0.25) is 0 Å². The van der Waals surface area contributed by atoms with Crippen molar-refractivity contribution in [2.24, 2.45) is 0 Å². The molecule has 3 heteroatoms. The molecular weight excluding hydrogens is 303 g/mol. The molecule has 0 radical (unpaired) electrons. The number of hydrogen-bond acceptors (Lipinski definition) is 2. The monoisotopic (exact) mass is 315 g/mol. The minimum atomic E-state index is -2.31. The molecule has 6 rings (SSSR count). The number of benzene rings is 4. The number of fused-ring (bicyclic) bond motifs is 2. The third-order valence-electron chi connectivity index (χ3n) is 4.78. The summed E-state index contributed by atoms with van der Waals surface area (Å²) in [6.07, 6.45) is 0. The zero-order chi connectivity index (χ0) is 15.0. The van der Waals surface area contributed by atoms with Gasteiger partial charge in [0.25, 0.3) is 0 Å². The second-order valence-electron chi connectivity index (χ2n) is 6.00. The van der Waals surface area contributed by atoms with Crippen molar-refractivity contribution in [3.05, 3.63) is 72.8 Å². The van der Waals surface area contributed by atoms with Gasteiger partial charge in [-0.2, -0.15) is 0 Å². The summed E-state index contributed by atoms with van der Waals surface area (Å²) in [5.41, 5.74) is 0. The minimum Gasteiger partial charge on any atom is -0.298 e. The van der Waals surface area contributed by atoms with Gasteiger partial charge in [-0.05, 0) is 35.0 Å². The third kappa shape index (κ3) is 1.30. The molecule has 4 aromatic rings. The lowest BCUT2D eigenvalue weighted by Gasteiger charge is -2.14. The lowest BCUT2D eigenvalue weighted by Crippen LogP contribution is -2.23. The highest BCUT2D eigenvalue weighted by atomic mass is 31.2. The van der Waals surface area contributed by atoms with Crippen LogP contribution in [0.4, 0.5) is 0 Å². The first-order valence-corrected chi connectivity index (χ1v) is 9.32. The van der Waals surface area contributed by atoms with Crippen molar-refractivity contribution in [1.82, 2.24) is 0 Å². The van der Waals surface area contributed by atoms with E-state index in [0.29, 0.717) is 0 Å². The second kappa shape index (κ2) is 3.84. The van der Waals surface area contributed by atoms with Crippen LogP contribution >= 0.6 is 7.72 Å². The summed E-state index contributed by atoms with van der Waals surface area (Å²) in [5.74, 6) is 1.88. The van der Waals surface area contributed by atoms with E-state index in [1.54, 1.807) is 0 Å². The summed E-state index contributed by atoms with van der Waals surface area (Å²) in [5, 5.41) is 7.23. The molecule has 108 valence electrons. The van der Waals surface area contributed by atoms with E-state index >= 15 is 0 Å². The Balaban J connectivity index is 1.76. The Bertz CT molecular complexity index is 1030. The molecule has 2 heterocycles. The van der Waals surface area contributed by atoms with E-state index < -0.39 is 7.72 Å². The highest BCUT2D eigenvalue weighted by Crippen LogP contribution is 2.68. The molecule has 2 aliphatic rings. The van der Waals surface area contributed by atoms with E-state index in [0.717, 1.165) is 11.5 Å². The number of hydrogen-bond donors (Lipinski definition) is 0. The quantitative estimate of drug-likeness (QED) is 0.442. The van der Waals surface area contributed by atoms with E-state index in [2.05, 4.69) is 48.5 Å². The Hall–Kier alpha value is -2.57. The Labute approximate surface area is 133 Å². The van der Waals surface area contributed by atoms with Gasteiger partial charge >= 0.3 is 7.72 Å². The molecule has 1 spiro atoms. The molecule has 0 aliphatic carbocycles. The zero-order valence-corrected chi connectivity index (χ0v) is 13.1. The largest absolute Gasteiger partial charge is 0.430 e. The Morgan fingerprint density at radius 1 is 0.522 bits per heavy atom. The molecule has 0 saturated carbocycles. The normalized spacial score (nSPS) is 16.0. The lowest BCUT2D eigenvalue weighted by molar-refractivity contribution is 0.505. The van der Waals surface area contributed by atoms with Gasteiger partial charge in [0.1, 0.15) is 0 Å². The van der Waals surface area contributed by atoms with Crippen molar-refractivity contribution in [2.75, 3.05) is 0 Å². The van der Waals surface area contributed by atoms with Crippen molar-refractivity contribution in [3.8, 4) is 11.5 Å². The molecule has 0 aromatic heterocycles. The first-order valence-electron chi connectivity index (χ1n) is 7.70. The van der Waals surface area contributed by atoms with Gasteiger partial charge in [-0.3, -0.25) is 9.05 Å². The van der Waals surface area contributed by atoms with Gasteiger partial charge in [0.15, 0.2) is 22.1 Å². The third-order valence-corrected chi connectivity index (χ3v) is 7.70. The van der Waals surface area contributed by atoms with Crippen molar-refractivity contribution in [1.29, 1.82) is 0 Å². The maximum absolute atomic E-state index is 6.53. The molecule has 0 unspecified atom stereocenters. The smallest absolute Gasteiger partial charge is 0.298 e.